The Morgan fingerprint density at radius 1 is 1.19 bits per heavy atom. The number of rotatable bonds is 6. The monoisotopic (exact) mass is 355 g/mol. The summed E-state index contributed by atoms with van der Waals surface area (Å²) in [6.45, 7) is 2.10. The highest BCUT2D eigenvalue weighted by Crippen LogP contribution is 2.23. The number of fused-ring (bicyclic) bond motifs is 1. The first kappa shape index (κ1) is 17.1. The molecule has 0 saturated heterocycles. The Balaban J connectivity index is 1.78. The van der Waals surface area contributed by atoms with E-state index in [1.807, 2.05) is 25.1 Å². The maximum atomic E-state index is 11.6. The number of nitrogens with zero attached hydrogens (tertiary/aromatic N) is 3. The zero-order valence-electron chi connectivity index (χ0n) is 13.9. The molecule has 0 fully saturated rings. The number of carbonyl (C=O) groups excluding carboxylic acids is 1. The highest BCUT2D eigenvalue weighted by atomic mass is 16.4. The van der Waals surface area contributed by atoms with Crippen LogP contribution in [0.4, 0.5) is 16.7 Å². The number of urea groups is 1. The summed E-state index contributed by atoms with van der Waals surface area (Å²) in [5, 5.41) is 16.5. The van der Waals surface area contributed by atoms with Gasteiger partial charge in [0.15, 0.2) is 0 Å². The summed E-state index contributed by atoms with van der Waals surface area (Å²) in [5.74, 6) is -0.392. The second-order valence-corrected chi connectivity index (χ2v) is 5.34. The predicted molar refractivity (Wildman–Crippen MR) is 95.9 cm³/mol. The topological polar surface area (TPSA) is 145 Å². The molecule has 0 unspecified atom stereocenters. The summed E-state index contributed by atoms with van der Waals surface area (Å²) in [6, 6.07) is 5.23. The Bertz CT molecular complexity index is 937. The van der Waals surface area contributed by atoms with Crippen molar-refractivity contribution in [3.8, 4) is 11.1 Å². The average molecular weight is 355 g/mol. The standard InChI is InChI=1S/C16H17N7O3/c1-2-17-16(26)23-15-21-11-4-3-9(5-12(11)22-15)10-6-18-14(19-7-10)20-8-13(24)25/h3-7H,2,8H2,1H3,(H,24,25)(H,18,19,20)(H3,17,21,22,23,26). The lowest BCUT2D eigenvalue weighted by Crippen LogP contribution is -2.28. The number of H-pyrrole nitrogens is 1. The van der Waals surface area contributed by atoms with Crippen molar-refractivity contribution < 1.29 is 14.7 Å². The minimum absolute atomic E-state index is 0.241. The number of carboxylic acid groups (broad SMARTS) is 1. The number of amides is 2. The Kier molecular flexibility index (Phi) is 4.92. The van der Waals surface area contributed by atoms with Crippen LogP contribution >= 0.6 is 0 Å². The molecule has 0 bridgehead atoms. The number of imidazole rings is 1. The van der Waals surface area contributed by atoms with E-state index in [-0.39, 0.29) is 18.5 Å². The Morgan fingerprint density at radius 2 is 1.96 bits per heavy atom. The summed E-state index contributed by atoms with van der Waals surface area (Å²) < 4.78 is 0. The number of aromatic nitrogens is 4. The molecule has 0 atom stereocenters. The van der Waals surface area contributed by atoms with E-state index in [1.165, 1.54) is 0 Å². The first-order valence-corrected chi connectivity index (χ1v) is 7.88. The number of carbonyl (C=O) groups is 2. The molecule has 5 N–H and O–H groups in total. The number of nitrogens with one attached hydrogen (secondary N) is 4. The summed E-state index contributed by atoms with van der Waals surface area (Å²) in [5.41, 5.74) is 3.07. The number of aliphatic carboxylic acids is 1. The van der Waals surface area contributed by atoms with Gasteiger partial charge >= 0.3 is 12.0 Å². The van der Waals surface area contributed by atoms with Crippen LogP contribution in [0.1, 0.15) is 6.92 Å². The van der Waals surface area contributed by atoms with Crippen molar-refractivity contribution in [1.29, 1.82) is 0 Å². The Morgan fingerprint density at radius 3 is 2.65 bits per heavy atom. The fourth-order valence-corrected chi connectivity index (χ4v) is 2.28. The van der Waals surface area contributed by atoms with Gasteiger partial charge < -0.3 is 20.7 Å². The summed E-state index contributed by atoms with van der Waals surface area (Å²) in [7, 11) is 0. The number of aromatic amines is 1. The number of carboxylic acids is 1. The second kappa shape index (κ2) is 7.47. The molecule has 1 aromatic carbocycles. The zero-order chi connectivity index (χ0) is 18.5. The SMILES string of the molecule is CCNC(=O)Nc1nc2cc(-c3cnc(NCC(=O)O)nc3)ccc2[nH]1. The molecular formula is C16H17N7O3. The van der Waals surface area contributed by atoms with Gasteiger partial charge in [-0.3, -0.25) is 10.1 Å². The van der Waals surface area contributed by atoms with Gasteiger partial charge in [0, 0.05) is 24.5 Å². The van der Waals surface area contributed by atoms with E-state index in [0.29, 0.717) is 18.0 Å². The van der Waals surface area contributed by atoms with Crippen LogP contribution in [0.15, 0.2) is 30.6 Å². The van der Waals surface area contributed by atoms with E-state index in [4.69, 9.17) is 5.11 Å². The molecule has 0 spiro atoms. The van der Waals surface area contributed by atoms with E-state index in [0.717, 1.165) is 16.6 Å². The maximum absolute atomic E-state index is 11.6. The van der Waals surface area contributed by atoms with Crippen LogP contribution in [0.3, 0.4) is 0 Å². The van der Waals surface area contributed by atoms with Gasteiger partial charge in [0.1, 0.15) is 6.54 Å². The largest absolute Gasteiger partial charge is 0.480 e. The third kappa shape index (κ3) is 4.04. The van der Waals surface area contributed by atoms with Crippen molar-refractivity contribution in [2.45, 2.75) is 6.92 Å². The first-order valence-electron chi connectivity index (χ1n) is 7.88. The lowest BCUT2D eigenvalue weighted by molar-refractivity contribution is -0.134. The van der Waals surface area contributed by atoms with Crippen molar-refractivity contribution in [3.05, 3.63) is 30.6 Å². The highest BCUT2D eigenvalue weighted by molar-refractivity contribution is 5.90. The van der Waals surface area contributed by atoms with Crippen LogP contribution in [0.25, 0.3) is 22.2 Å². The quantitative estimate of drug-likeness (QED) is 0.452. The molecule has 0 aliphatic carbocycles. The van der Waals surface area contributed by atoms with E-state index in [2.05, 4.69) is 35.9 Å². The number of anilines is 2. The van der Waals surface area contributed by atoms with Gasteiger partial charge in [0.05, 0.1) is 11.0 Å². The van der Waals surface area contributed by atoms with Crippen molar-refractivity contribution >= 4 is 34.9 Å². The fraction of sp³-hybridized carbons (Fsp3) is 0.188. The molecule has 2 aromatic heterocycles. The molecule has 0 aliphatic rings. The molecule has 10 heteroatoms. The van der Waals surface area contributed by atoms with Gasteiger partial charge in [0.25, 0.3) is 0 Å². The van der Waals surface area contributed by atoms with Crippen LogP contribution in [-0.4, -0.2) is 50.1 Å². The minimum atomic E-state index is -0.987. The molecule has 10 nitrogen and oxygen atoms in total. The summed E-state index contributed by atoms with van der Waals surface area (Å²) in [4.78, 5) is 37.6. The molecule has 0 saturated carbocycles. The minimum Gasteiger partial charge on any atom is -0.480 e. The molecular weight excluding hydrogens is 338 g/mol. The zero-order valence-corrected chi connectivity index (χ0v) is 13.9. The van der Waals surface area contributed by atoms with Crippen molar-refractivity contribution in [2.75, 3.05) is 23.7 Å². The molecule has 0 aliphatic heterocycles. The molecule has 2 amide bonds. The van der Waals surface area contributed by atoms with Crippen LogP contribution in [0, 0.1) is 0 Å². The lowest BCUT2D eigenvalue weighted by atomic mass is 10.1. The van der Waals surface area contributed by atoms with Gasteiger partial charge in [-0.1, -0.05) is 6.07 Å². The molecule has 2 heterocycles. The van der Waals surface area contributed by atoms with Gasteiger partial charge in [-0.15, -0.1) is 0 Å². The third-order valence-corrected chi connectivity index (χ3v) is 3.44. The van der Waals surface area contributed by atoms with Gasteiger partial charge in [-0.25, -0.2) is 19.7 Å². The van der Waals surface area contributed by atoms with Crippen LogP contribution in [0.2, 0.25) is 0 Å². The van der Waals surface area contributed by atoms with Crippen LogP contribution < -0.4 is 16.0 Å². The molecule has 26 heavy (non-hydrogen) atoms. The van der Waals surface area contributed by atoms with E-state index in [1.54, 1.807) is 12.4 Å². The number of hydrogen-bond acceptors (Lipinski definition) is 6. The van der Waals surface area contributed by atoms with E-state index >= 15 is 0 Å². The van der Waals surface area contributed by atoms with Crippen molar-refractivity contribution in [1.82, 2.24) is 25.3 Å². The van der Waals surface area contributed by atoms with E-state index in [9.17, 15) is 9.59 Å². The van der Waals surface area contributed by atoms with Crippen LogP contribution in [-0.2, 0) is 4.79 Å². The van der Waals surface area contributed by atoms with Crippen LogP contribution in [0.5, 0.6) is 0 Å². The molecule has 3 rings (SSSR count). The number of benzene rings is 1. The van der Waals surface area contributed by atoms with Crippen molar-refractivity contribution in [2.24, 2.45) is 0 Å². The van der Waals surface area contributed by atoms with Gasteiger partial charge in [-0.05, 0) is 24.6 Å². The molecule has 134 valence electrons. The van der Waals surface area contributed by atoms with Crippen molar-refractivity contribution in [3.63, 3.8) is 0 Å². The Hall–Kier alpha value is -3.69. The maximum Gasteiger partial charge on any atom is 0.322 e. The fourth-order valence-electron chi connectivity index (χ4n) is 2.28. The van der Waals surface area contributed by atoms with Gasteiger partial charge in [0.2, 0.25) is 11.9 Å². The summed E-state index contributed by atoms with van der Waals surface area (Å²) in [6.07, 6.45) is 3.19. The second-order valence-electron chi connectivity index (χ2n) is 5.34. The van der Waals surface area contributed by atoms with Gasteiger partial charge in [-0.2, -0.15) is 0 Å². The molecule has 0 radical (unpaired) electrons. The summed E-state index contributed by atoms with van der Waals surface area (Å²) >= 11 is 0. The first-order chi connectivity index (χ1) is 12.5. The normalized spacial score (nSPS) is 10.5. The Labute approximate surface area is 148 Å². The smallest absolute Gasteiger partial charge is 0.322 e. The lowest BCUT2D eigenvalue weighted by Gasteiger charge is -2.03. The predicted octanol–water partition coefficient (Wildman–Crippen LogP) is 1.66. The van der Waals surface area contributed by atoms with E-state index < -0.39 is 5.97 Å². The average Bonchev–Trinajstić information content (AvgIpc) is 3.01. The highest BCUT2D eigenvalue weighted by Gasteiger charge is 2.08. The third-order valence-electron chi connectivity index (χ3n) is 3.44. The molecule has 3 aromatic rings. The number of hydrogen-bond donors (Lipinski definition) is 5.